The maximum Gasteiger partial charge on any atom is 0.0693 e. The van der Waals surface area contributed by atoms with Gasteiger partial charge >= 0.3 is 0 Å². The average Bonchev–Trinajstić information content (AvgIpc) is 2.73. The van der Waals surface area contributed by atoms with Crippen LogP contribution in [0.5, 0.6) is 0 Å². The third kappa shape index (κ3) is 2.56. The molecule has 2 heterocycles. The van der Waals surface area contributed by atoms with E-state index in [0.29, 0.717) is 12.5 Å². The maximum atomic E-state index is 9.84. The zero-order chi connectivity index (χ0) is 11.6. The molecule has 0 saturated carbocycles. The van der Waals surface area contributed by atoms with Crippen molar-refractivity contribution in [3.63, 3.8) is 0 Å². The molecule has 16 heavy (non-hydrogen) atoms. The van der Waals surface area contributed by atoms with Gasteiger partial charge in [-0.05, 0) is 25.3 Å². The summed E-state index contributed by atoms with van der Waals surface area (Å²) in [5, 5.41) is 19.3. The highest BCUT2D eigenvalue weighted by atomic mass is 16.5. The number of rotatable bonds is 3. The molecule has 2 aliphatic heterocycles. The van der Waals surface area contributed by atoms with E-state index in [1.54, 1.807) is 0 Å². The van der Waals surface area contributed by atoms with E-state index in [4.69, 9.17) is 4.74 Å². The van der Waals surface area contributed by atoms with Gasteiger partial charge in [0.15, 0.2) is 0 Å². The second kappa shape index (κ2) is 5.00. The van der Waals surface area contributed by atoms with Gasteiger partial charge in [-0.3, -0.25) is 0 Å². The van der Waals surface area contributed by atoms with Gasteiger partial charge in [0.25, 0.3) is 0 Å². The predicted octanol–water partition coefficient (Wildman–Crippen LogP) is 0.0881. The highest BCUT2D eigenvalue weighted by molar-refractivity contribution is 4.88. The standard InChI is InChI=1S/C12H23NO3/c1-10-2-4-13(6-11(10)15)7-12(8-14)3-5-16-9-12/h10-11,14-15H,2-9H2,1H3. The van der Waals surface area contributed by atoms with Crippen LogP contribution in [0.15, 0.2) is 0 Å². The lowest BCUT2D eigenvalue weighted by molar-refractivity contribution is -0.00604. The maximum absolute atomic E-state index is 9.84. The van der Waals surface area contributed by atoms with Crippen molar-refractivity contribution in [2.24, 2.45) is 11.3 Å². The van der Waals surface area contributed by atoms with E-state index >= 15 is 0 Å². The Hall–Kier alpha value is -0.160. The van der Waals surface area contributed by atoms with Crippen LogP contribution in [-0.2, 0) is 4.74 Å². The van der Waals surface area contributed by atoms with Crippen LogP contribution in [0.2, 0.25) is 0 Å². The average molecular weight is 229 g/mol. The summed E-state index contributed by atoms with van der Waals surface area (Å²) in [4.78, 5) is 2.27. The summed E-state index contributed by atoms with van der Waals surface area (Å²) in [6.45, 7) is 6.33. The smallest absolute Gasteiger partial charge is 0.0693 e. The van der Waals surface area contributed by atoms with Gasteiger partial charge in [0.2, 0.25) is 0 Å². The van der Waals surface area contributed by atoms with E-state index in [9.17, 15) is 10.2 Å². The Kier molecular flexibility index (Phi) is 3.85. The van der Waals surface area contributed by atoms with Crippen molar-refractivity contribution < 1.29 is 14.9 Å². The molecule has 0 aromatic heterocycles. The van der Waals surface area contributed by atoms with Crippen molar-refractivity contribution in [3.05, 3.63) is 0 Å². The van der Waals surface area contributed by atoms with Crippen LogP contribution in [0.3, 0.4) is 0 Å². The van der Waals surface area contributed by atoms with Crippen molar-refractivity contribution in [1.82, 2.24) is 4.90 Å². The Morgan fingerprint density at radius 3 is 2.88 bits per heavy atom. The van der Waals surface area contributed by atoms with Crippen molar-refractivity contribution in [3.8, 4) is 0 Å². The first-order chi connectivity index (χ1) is 7.65. The molecule has 4 heteroatoms. The molecular formula is C12H23NO3. The molecule has 0 amide bonds. The van der Waals surface area contributed by atoms with Crippen LogP contribution in [0.25, 0.3) is 0 Å². The van der Waals surface area contributed by atoms with Crippen LogP contribution in [0, 0.1) is 11.3 Å². The van der Waals surface area contributed by atoms with Gasteiger partial charge < -0.3 is 19.8 Å². The van der Waals surface area contributed by atoms with Crippen LogP contribution in [-0.4, -0.2) is 60.7 Å². The molecule has 2 fully saturated rings. The lowest BCUT2D eigenvalue weighted by atomic mass is 9.86. The monoisotopic (exact) mass is 229 g/mol. The molecule has 2 rings (SSSR count). The summed E-state index contributed by atoms with van der Waals surface area (Å²) < 4.78 is 5.39. The Labute approximate surface area is 97.2 Å². The molecule has 0 spiro atoms. The lowest BCUT2D eigenvalue weighted by Crippen LogP contribution is -2.48. The van der Waals surface area contributed by atoms with Gasteiger partial charge in [-0.15, -0.1) is 0 Å². The van der Waals surface area contributed by atoms with Crippen LogP contribution in [0.1, 0.15) is 19.8 Å². The van der Waals surface area contributed by atoms with Gasteiger partial charge in [0.1, 0.15) is 0 Å². The van der Waals surface area contributed by atoms with E-state index in [-0.39, 0.29) is 18.1 Å². The molecule has 3 unspecified atom stereocenters. The van der Waals surface area contributed by atoms with Crippen molar-refractivity contribution in [1.29, 1.82) is 0 Å². The fourth-order valence-electron chi connectivity index (χ4n) is 2.68. The number of nitrogens with zero attached hydrogens (tertiary/aromatic N) is 1. The molecule has 4 nitrogen and oxygen atoms in total. The summed E-state index contributed by atoms with van der Waals surface area (Å²) in [6, 6.07) is 0. The highest BCUT2D eigenvalue weighted by Crippen LogP contribution is 2.30. The van der Waals surface area contributed by atoms with Crippen LogP contribution >= 0.6 is 0 Å². The molecule has 0 aliphatic carbocycles. The topological polar surface area (TPSA) is 52.9 Å². The normalized spacial score (nSPS) is 41.4. The molecule has 0 aromatic rings. The third-order valence-corrected chi connectivity index (χ3v) is 4.08. The summed E-state index contributed by atoms with van der Waals surface area (Å²) in [6.07, 6.45) is 1.77. The molecule has 0 radical (unpaired) electrons. The van der Waals surface area contributed by atoms with Gasteiger partial charge in [-0.1, -0.05) is 6.92 Å². The Morgan fingerprint density at radius 1 is 1.50 bits per heavy atom. The lowest BCUT2D eigenvalue weighted by Gasteiger charge is -2.39. The number of piperidine rings is 1. The summed E-state index contributed by atoms with van der Waals surface area (Å²) in [5.74, 6) is 0.404. The van der Waals surface area contributed by atoms with E-state index in [1.165, 1.54) is 0 Å². The number of aliphatic hydroxyl groups excluding tert-OH is 2. The largest absolute Gasteiger partial charge is 0.396 e. The SMILES string of the molecule is CC1CCN(CC2(CO)CCOC2)CC1O. The van der Waals surface area contributed by atoms with Gasteiger partial charge in [0.05, 0.1) is 19.3 Å². The van der Waals surface area contributed by atoms with E-state index < -0.39 is 0 Å². The zero-order valence-corrected chi connectivity index (χ0v) is 10.1. The minimum absolute atomic E-state index is 0.0830. The minimum Gasteiger partial charge on any atom is -0.396 e. The molecule has 2 aliphatic rings. The predicted molar refractivity (Wildman–Crippen MR) is 61.2 cm³/mol. The van der Waals surface area contributed by atoms with Crippen molar-refractivity contribution in [2.75, 3.05) is 39.5 Å². The Bertz CT molecular complexity index is 228. The molecule has 0 bridgehead atoms. The summed E-state index contributed by atoms with van der Waals surface area (Å²) in [7, 11) is 0. The number of ether oxygens (including phenoxy) is 1. The second-order valence-electron chi connectivity index (χ2n) is 5.53. The molecule has 94 valence electrons. The van der Waals surface area contributed by atoms with Crippen LogP contribution in [0.4, 0.5) is 0 Å². The molecule has 2 saturated heterocycles. The van der Waals surface area contributed by atoms with Gasteiger partial charge in [0, 0.05) is 25.1 Å². The van der Waals surface area contributed by atoms with Gasteiger partial charge in [-0.2, -0.15) is 0 Å². The quantitative estimate of drug-likeness (QED) is 0.720. The van der Waals surface area contributed by atoms with E-state index in [0.717, 1.165) is 39.1 Å². The number of hydrogen-bond donors (Lipinski definition) is 2. The first-order valence-electron chi connectivity index (χ1n) is 6.24. The van der Waals surface area contributed by atoms with Gasteiger partial charge in [-0.25, -0.2) is 0 Å². The summed E-state index contributed by atoms with van der Waals surface area (Å²) in [5.41, 5.74) is -0.0830. The Morgan fingerprint density at radius 2 is 2.31 bits per heavy atom. The first kappa shape index (κ1) is 12.3. The fourth-order valence-corrected chi connectivity index (χ4v) is 2.68. The molecule has 2 N–H and O–H groups in total. The molecule has 3 atom stereocenters. The van der Waals surface area contributed by atoms with Crippen molar-refractivity contribution >= 4 is 0 Å². The van der Waals surface area contributed by atoms with Crippen LogP contribution < -0.4 is 0 Å². The summed E-state index contributed by atoms with van der Waals surface area (Å²) >= 11 is 0. The first-order valence-corrected chi connectivity index (χ1v) is 6.24. The highest BCUT2D eigenvalue weighted by Gasteiger charge is 2.37. The van der Waals surface area contributed by atoms with E-state index in [1.807, 2.05) is 0 Å². The van der Waals surface area contributed by atoms with E-state index in [2.05, 4.69) is 11.8 Å². The van der Waals surface area contributed by atoms with Crippen molar-refractivity contribution in [2.45, 2.75) is 25.9 Å². The number of aliphatic hydroxyl groups is 2. The fraction of sp³-hybridized carbons (Fsp3) is 1.00. The number of likely N-dealkylation sites (tertiary alicyclic amines) is 1. The minimum atomic E-state index is -0.216. The molecular weight excluding hydrogens is 206 g/mol. The molecule has 0 aromatic carbocycles. The second-order valence-corrected chi connectivity index (χ2v) is 5.53. The number of β-amino-alcohol motifs (C(OH)–C–C–N with tert-alkyl or cyclic N) is 1. The zero-order valence-electron chi connectivity index (χ0n) is 10.1. The third-order valence-electron chi connectivity index (χ3n) is 4.08. The number of hydrogen-bond acceptors (Lipinski definition) is 4. The Balaban J connectivity index is 1.89.